The van der Waals surface area contributed by atoms with Crippen LogP contribution < -0.4 is 0 Å². The van der Waals surface area contributed by atoms with Crippen molar-refractivity contribution in [1.82, 2.24) is 15.0 Å². The molecule has 1 aliphatic carbocycles. The van der Waals surface area contributed by atoms with Crippen LogP contribution in [0, 0.1) is 18.7 Å². The number of benzene rings is 1. The van der Waals surface area contributed by atoms with Crippen LogP contribution in [0.1, 0.15) is 48.4 Å². The van der Waals surface area contributed by atoms with Crippen LogP contribution in [0.2, 0.25) is 0 Å². The zero-order chi connectivity index (χ0) is 16.7. The highest BCUT2D eigenvalue weighted by Gasteiger charge is 2.46. The highest BCUT2D eigenvalue weighted by atomic mass is 19.1. The number of piperidine rings is 1. The highest BCUT2D eigenvalue weighted by molar-refractivity contribution is 5.83. The molecule has 2 atom stereocenters. The number of likely N-dealkylation sites (tertiary alicyclic amines) is 1. The zero-order valence-corrected chi connectivity index (χ0v) is 13.6. The summed E-state index contributed by atoms with van der Waals surface area (Å²) < 4.78 is 18.3. The van der Waals surface area contributed by atoms with Gasteiger partial charge in [-0.05, 0) is 49.8 Å². The largest absolute Gasteiger partial charge is 0.342 e. The number of carbonyl (C=O) groups is 1. The molecule has 126 valence electrons. The van der Waals surface area contributed by atoms with Crippen LogP contribution in [-0.2, 0) is 4.79 Å². The Labute approximate surface area is 139 Å². The lowest BCUT2D eigenvalue weighted by atomic mass is 9.96. The normalized spacial score (nSPS) is 24.2. The first-order valence-electron chi connectivity index (χ1n) is 8.46. The Hall–Kier alpha value is -2.24. The van der Waals surface area contributed by atoms with E-state index in [1.54, 1.807) is 12.1 Å². The number of hydrogen-bond acceptors (Lipinski definition) is 4. The van der Waals surface area contributed by atoms with E-state index in [-0.39, 0.29) is 29.5 Å². The molecule has 1 aliphatic heterocycles. The molecule has 0 N–H and O–H groups in total. The van der Waals surface area contributed by atoms with Crippen molar-refractivity contribution in [1.29, 1.82) is 0 Å². The van der Waals surface area contributed by atoms with Crippen molar-refractivity contribution >= 4 is 5.91 Å². The van der Waals surface area contributed by atoms with Crippen molar-refractivity contribution in [2.24, 2.45) is 5.92 Å². The molecule has 0 unspecified atom stereocenters. The second-order valence-corrected chi connectivity index (χ2v) is 6.78. The van der Waals surface area contributed by atoms with Crippen molar-refractivity contribution in [3.63, 3.8) is 0 Å². The number of amides is 1. The average molecular weight is 329 g/mol. The zero-order valence-electron chi connectivity index (χ0n) is 13.6. The summed E-state index contributed by atoms with van der Waals surface area (Å²) in [7, 11) is 0. The van der Waals surface area contributed by atoms with Gasteiger partial charge in [0.1, 0.15) is 5.82 Å². The molecule has 1 saturated carbocycles. The van der Waals surface area contributed by atoms with Gasteiger partial charge in [-0.15, -0.1) is 0 Å². The van der Waals surface area contributed by atoms with Crippen molar-refractivity contribution < 1.29 is 13.7 Å². The molecule has 4 rings (SSSR count). The van der Waals surface area contributed by atoms with Gasteiger partial charge in [-0.2, -0.15) is 4.98 Å². The minimum Gasteiger partial charge on any atom is -0.342 e. The molecule has 0 radical (unpaired) electrons. The number of carbonyl (C=O) groups excluding carboxylic acids is 1. The van der Waals surface area contributed by atoms with Crippen LogP contribution in [0.3, 0.4) is 0 Å². The molecule has 6 heteroatoms. The third-order valence-electron chi connectivity index (χ3n) is 5.10. The van der Waals surface area contributed by atoms with E-state index in [0.717, 1.165) is 37.9 Å². The molecular formula is C18H20FN3O2. The second-order valence-electron chi connectivity index (χ2n) is 6.78. The first kappa shape index (κ1) is 15.3. The maximum absolute atomic E-state index is 13.0. The summed E-state index contributed by atoms with van der Waals surface area (Å²) in [4.78, 5) is 18.9. The lowest BCUT2D eigenvalue weighted by Gasteiger charge is -2.30. The summed E-state index contributed by atoms with van der Waals surface area (Å²) in [6, 6.07) is 6.51. The van der Waals surface area contributed by atoms with E-state index < -0.39 is 0 Å². The summed E-state index contributed by atoms with van der Waals surface area (Å²) >= 11 is 0. The summed E-state index contributed by atoms with van der Waals surface area (Å²) in [6.45, 7) is 3.28. The van der Waals surface area contributed by atoms with Crippen molar-refractivity contribution in [3.8, 4) is 0 Å². The Bertz CT molecular complexity index is 735. The lowest BCUT2D eigenvalue weighted by molar-refractivity contribution is -0.133. The topological polar surface area (TPSA) is 59.2 Å². The van der Waals surface area contributed by atoms with Crippen molar-refractivity contribution in [3.05, 3.63) is 47.4 Å². The fraction of sp³-hybridized carbons (Fsp3) is 0.500. The summed E-state index contributed by atoms with van der Waals surface area (Å²) in [5, 5.41) is 3.84. The lowest BCUT2D eigenvalue weighted by Crippen LogP contribution is -2.39. The van der Waals surface area contributed by atoms with E-state index in [4.69, 9.17) is 4.52 Å². The number of halogens is 1. The molecule has 0 bridgehead atoms. The number of hydrogen-bond donors (Lipinski definition) is 0. The number of aromatic nitrogens is 2. The fourth-order valence-corrected chi connectivity index (χ4v) is 3.61. The maximum Gasteiger partial charge on any atom is 0.229 e. The number of aryl methyl sites for hydroxylation is 1. The summed E-state index contributed by atoms with van der Waals surface area (Å²) in [5.41, 5.74) is 1.06. The molecule has 1 amide bonds. The Morgan fingerprint density at radius 2 is 1.96 bits per heavy atom. The predicted molar refractivity (Wildman–Crippen MR) is 84.8 cm³/mol. The van der Waals surface area contributed by atoms with E-state index >= 15 is 0 Å². The van der Waals surface area contributed by atoms with E-state index in [9.17, 15) is 9.18 Å². The quantitative estimate of drug-likeness (QED) is 0.868. The Morgan fingerprint density at radius 1 is 1.25 bits per heavy atom. The molecule has 0 spiro atoms. The van der Waals surface area contributed by atoms with Crippen LogP contribution in [0.4, 0.5) is 4.39 Å². The molecule has 2 aliphatic rings. The van der Waals surface area contributed by atoms with Gasteiger partial charge in [0.2, 0.25) is 11.8 Å². The third kappa shape index (κ3) is 2.92. The van der Waals surface area contributed by atoms with Crippen LogP contribution in [0.5, 0.6) is 0 Å². The first-order chi connectivity index (χ1) is 11.6. The summed E-state index contributed by atoms with van der Waals surface area (Å²) in [5.74, 6) is 1.89. The molecule has 2 aromatic rings. The molecule has 1 aromatic carbocycles. The van der Waals surface area contributed by atoms with Crippen molar-refractivity contribution in [2.75, 3.05) is 13.1 Å². The smallest absolute Gasteiger partial charge is 0.229 e. The van der Waals surface area contributed by atoms with Gasteiger partial charge in [-0.3, -0.25) is 4.79 Å². The van der Waals surface area contributed by atoms with Crippen LogP contribution in [0.15, 0.2) is 28.8 Å². The Kier molecular flexibility index (Phi) is 3.82. The van der Waals surface area contributed by atoms with Gasteiger partial charge < -0.3 is 9.42 Å². The predicted octanol–water partition coefficient (Wildman–Crippen LogP) is 3.03. The van der Waals surface area contributed by atoms with E-state index in [2.05, 4.69) is 10.1 Å². The van der Waals surface area contributed by atoms with Crippen LogP contribution in [0.25, 0.3) is 0 Å². The molecule has 2 heterocycles. The summed E-state index contributed by atoms with van der Waals surface area (Å²) in [6.07, 6.45) is 2.59. The Morgan fingerprint density at radius 3 is 2.58 bits per heavy atom. The third-order valence-corrected chi connectivity index (χ3v) is 5.10. The monoisotopic (exact) mass is 329 g/mol. The van der Waals surface area contributed by atoms with Gasteiger partial charge in [0.15, 0.2) is 5.82 Å². The Balaban J connectivity index is 1.33. The maximum atomic E-state index is 13.0. The van der Waals surface area contributed by atoms with Gasteiger partial charge in [0.05, 0.1) is 0 Å². The molecule has 1 aromatic heterocycles. The van der Waals surface area contributed by atoms with Gasteiger partial charge >= 0.3 is 0 Å². The standard InChI is InChI=1S/C18H20FN3O2/c1-11-20-17(24-21-11)13-6-8-22(9-7-13)18(23)16-10-15(16)12-2-4-14(19)5-3-12/h2-5,13,15-16H,6-10H2,1H3/t15-,16-/m1/s1. The fourth-order valence-electron chi connectivity index (χ4n) is 3.61. The molecule has 2 fully saturated rings. The molecular weight excluding hydrogens is 309 g/mol. The second kappa shape index (κ2) is 6.00. The van der Waals surface area contributed by atoms with Gasteiger partial charge in [0, 0.05) is 24.9 Å². The van der Waals surface area contributed by atoms with Crippen LogP contribution in [-0.4, -0.2) is 34.0 Å². The average Bonchev–Trinajstić information content (AvgIpc) is 3.28. The van der Waals surface area contributed by atoms with Gasteiger partial charge in [-0.1, -0.05) is 17.3 Å². The van der Waals surface area contributed by atoms with Gasteiger partial charge in [0.25, 0.3) is 0 Å². The number of rotatable bonds is 3. The molecule has 24 heavy (non-hydrogen) atoms. The van der Waals surface area contributed by atoms with E-state index in [1.807, 2.05) is 11.8 Å². The van der Waals surface area contributed by atoms with E-state index in [0.29, 0.717) is 11.7 Å². The molecule has 5 nitrogen and oxygen atoms in total. The highest BCUT2D eigenvalue weighted by Crippen LogP contribution is 2.48. The minimum absolute atomic E-state index is 0.0534. The van der Waals surface area contributed by atoms with E-state index in [1.165, 1.54) is 12.1 Å². The SMILES string of the molecule is Cc1noc(C2CCN(C(=O)[C@@H]3C[C@@H]3c3ccc(F)cc3)CC2)n1. The minimum atomic E-state index is -0.236. The number of nitrogens with zero attached hydrogens (tertiary/aromatic N) is 3. The first-order valence-corrected chi connectivity index (χ1v) is 8.46. The molecule has 1 saturated heterocycles. The van der Waals surface area contributed by atoms with Crippen molar-refractivity contribution in [2.45, 2.75) is 38.0 Å². The van der Waals surface area contributed by atoms with Gasteiger partial charge in [-0.25, -0.2) is 4.39 Å². The van der Waals surface area contributed by atoms with Crippen LogP contribution >= 0.6 is 0 Å².